The molecule has 3 nitrogen and oxygen atoms in total. The van der Waals surface area contributed by atoms with Gasteiger partial charge in [0.05, 0.1) is 6.61 Å². The van der Waals surface area contributed by atoms with Gasteiger partial charge in [-0.1, -0.05) is 83.5 Å². The predicted octanol–water partition coefficient (Wildman–Crippen LogP) is 6.49. The number of allylic oxidation sites excluding steroid dienone is 1. The van der Waals surface area contributed by atoms with Gasteiger partial charge in [-0.15, -0.1) is 0 Å². The Morgan fingerprint density at radius 1 is 0.846 bits per heavy atom. The van der Waals surface area contributed by atoms with Crippen LogP contribution in [-0.2, 0) is 9.53 Å². The van der Waals surface area contributed by atoms with E-state index in [0.29, 0.717) is 13.2 Å². The number of ether oxygens (including phenoxy) is 1. The number of hydrogen-bond donors (Lipinski definition) is 1. The van der Waals surface area contributed by atoms with Gasteiger partial charge in [0.2, 0.25) is 0 Å². The molecule has 0 radical (unpaired) electrons. The summed E-state index contributed by atoms with van der Waals surface area (Å²) in [4.78, 5) is 12.1. The first-order chi connectivity index (χ1) is 12.4. The van der Waals surface area contributed by atoms with Gasteiger partial charge in [0, 0.05) is 20.3 Å². The van der Waals surface area contributed by atoms with Crippen LogP contribution in [0.3, 0.4) is 0 Å². The Balaban J connectivity index is 3.76. The van der Waals surface area contributed by atoms with Crippen molar-refractivity contribution in [2.45, 2.75) is 110 Å². The van der Waals surface area contributed by atoms with Gasteiger partial charge in [0.15, 0.2) is 0 Å². The highest BCUT2D eigenvalue weighted by Gasteiger charge is 2.20. The minimum Gasteiger partial charge on any atom is -0.463 e. The van der Waals surface area contributed by atoms with Crippen molar-refractivity contribution in [3.63, 3.8) is 0 Å². The molecule has 4 heteroatoms. The molecule has 0 amide bonds. The summed E-state index contributed by atoms with van der Waals surface area (Å²) in [5, 5.41) is 8.73. The third kappa shape index (κ3) is 16.8. The fourth-order valence-corrected chi connectivity index (χ4v) is 4.58. The van der Waals surface area contributed by atoms with Crippen LogP contribution in [0.4, 0.5) is 0 Å². The number of rotatable bonds is 17. The Hall–Kier alpha value is -0.613. The highest BCUT2D eigenvalue weighted by Crippen LogP contribution is 2.19. The molecule has 0 saturated heterocycles. The number of esters is 1. The summed E-state index contributed by atoms with van der Waals surface area (Å²) in [6.07, 6.45) is 17.0. The average molecular weight is 385 g/mol. The molecular formula is C22H44O3Si. The maximum Gasteiger partial charge on any atom is 0.333 e. The van der Waals surface area contributed by atoms with Crippen molar-refractivity contribution in [1.82, 2.24) is 0 Å². The second-order valence-electron chi connectivity index (χ2n) is 8.59. The second-order valence-corrected chi connectivity index (χ2v) is 14.1. The standard InChI is InChI=1S/C22H44O3Si/c1-5-25-22(24)21(20-26(2,3)4)18-16-14-12-10-8-6-7-9-11-13-15-17-19-23/h18,23H,5-17,19-20H2,1-4H3/b21-18+. The lowest BCUT2D eigenvalue weighted by atomic mass is 10.0. The number of aliphatic hydroxyl groups excluding tert-OH is 1. The molecule has 26 heavy (non-hydrogen) atoms. The summed E-state index contributed by atoms with van der Waals surface area (Å²) in [6.45, 7) is 9.57. The summed E-state index contributed by atoms with van der Waals surface area (Å²) in [6, 6.07) is 0.921. The Morgan fingerprint density at radius 3 is 1.73 bits per heavy atom. The zero-order valence-corrected chi connectivity index (χ0v) is 18.9. The Labute approximate surface area is 163 Å². The minimum atomic E-state index is -1.30. The molecule has 0 aromatic carbocycles. The van der Waals surface area contributed by atoms with Gasteiger partial charge in [-0.3, -0.25) is 0 Å². The summed E-state index contributed by atoms with van der Waals surface area (Å²) >= 11 is 0. The predicted molar refractivity (Wildman–Crippen MR) is 115 cm³/mol. The van der Waals surface area contributed by atoms with E-state index in [1.165, 1.54) is 64.2 Å². The van der Waals surface area contributed by atoms with Crippen LogP contribution in [0.2, 0.25) is 25.7 Å². The van der Waals surface area contributed by atoms with E-state index in [0.717, 1.165) is 24.5 Å². The molecule has 1 N–H and O–H groups in total. The maximum atomic E-state index is 12.1. The largest absolute Gasteiger partial charge is 0.463 e. The quantitative estimate of drug-likeness (QED) is 0.135. The number of carbonyl (C=O) groups excluding carboxylic acids is 1. The molecule has 0 aromatic rings. The Bertz CT molecular complexity index is 372. The molecule has 0 unspecified atom stereocenters. The number of hydrogen-bond acceptors (Lipinski definition) is 3. The molecule has 0 spiro atoms. The first-order valence-corrected chi connectivity index (χ1v) is 14.6. The van der Waals surface area contributed by atoms with E-state index >= 15 is 0 Å². The summed E-state index contributed by atoms with van der Waals surface area (Å²) in [5.41, 5.74) is 0.909. The van der Waals surface area contributed by atoms with E-state index < -0.39 is 8.07 Å². The van der Waals surface area contributed by atoms with Gasteiger partial charge in [-0.25, -0.2) is 4.79 Å². The van der Waals surface area contributed by atoms with E-state index in [1.807, 2.05) is 6.92 Å². The molecule has 0 aliphatic heterocycles. The smallest absolute Gasteiger partial charge is 0.333 e. The van der Waals surface area contributed by atoms with Crippen molar-refractivity contribution in [3.05, 3.63) is 11.6 Å². The fourth-order valence-electron chi connectivity index (χ4n) is 3.15. The van der Waals surface area contributed by atoms with Crippen LogP contribution in [0.25, 0.3) is 0 Å². The average Bonchev–Trinajstić information content (AvgIpc) is 2.57. The highest BCUT2D eigenvalue weighted by atomic mass is 28.3. The summed E-state index contributed by atoms with van der Waals surface area (Å²) in [7, 11) is -1.30. The lowest BCUT2D eigenvalue weighted by molar-refractivity contribution is -0.138. The molecule has 0 bridgehead atoms. The van der Waals surface area contributed by atoms with Gasteiger partial charge in [-0.2, -0.15) is 0 Å². The molecule has 0 fully saturated rings. The van der Waals surface area contributed by atoms with Crippen LogP contribution >= 0.6 is 0 Å². The van der Waals surface area contributed by atoms with Crippen LogP contribution < -0.4 is 0 Å². The molecule has 0 heterocycles. The van der Waals surface area contributed by atoms with Gasteiger partial charge in [0.25, 0.3) is 0 Å². The van der Waals surface area contributed by atoms with Crippen LogP contribution in [0.5, 0.6) is 0 Å². The molecule has 154 valence electrons. The molecule has 0 aliphatic carbocycles. The third-order valence-corrected chi connectivity index (χ3v) is 5.95. The minimum absolute atomic E-state index is 0.103. The molecular weight excluding hydrogens is 340 g/mol. The van der Waals surface area contributed by atoms with Crippen LogP contribution in [-0.4, -0.2) is 32.4 Å². The van der Waals surface area contributed by atoms with Gasteiger partial charge in [-0.05, 0) is 32.2 Å². The zero-order chi connectivity index (χ0) is 19.7. The van der Waals surface area contributed by atoms with Gasteiger partial charge in [0.1, 0.15) is 0 Å². The fraction of sp³-hybridized carbons (Fsp3) is 0.864. The van der Waals surface area contributed by atoms with E-state index in [4.69, 9.17) is 9.84 Å². The maximum absolute atomic E-state index is 12.1. The van der Waals surface area contributed by atoms with E-state index in [9.17, 15) is 4.79 Å². The number of aliphatic hydroxyl groups is 1. The first-order valence-electron chi connectivity index (χ1n) is 10.9. The molecule has 0 atom stereocenters. The van der Waals surface area contributed by atoms with Crippen molar-refractivity contribution < 1.29 is 14.6 Å². The normalized spacial score (nSPS) is 12.4. The summed E-state index contributed by atoms with van der Waals surface area (Å²) < 4.78 is 5.22. The Kier molecular flexibility index (Phi) is 16.2. The highest BCUT2D eigenvalue weighted by molar-refractivity contribution is 6.77. The zero-order valence-electron chi connectivity index (χ0n) is 17.9. The molecule has 0 aliphatic rings. The van der Waals surface area contributed by atoms with Crippen LogP contribution in [0.15, 0.2) is 11.6 Å². The van der Waals surface area contributed by atoms with Crippen molar-refractivity contribution in [3.8, 4) is 0 Å². The monoisotopic (exact) mass is 384 g/mol. The number of carbonyl (C=O) groups is 1. The summed E-state index contributed by atoms with van der Waals surface area (Å²) in [5.74, 6) is -0.103. The van der Waals surface area contributed by atoms with Crippen molar-refractivity contribution >= 4 is 14.0 Å². The van der Waals surface area contributed by atoms with Crippen LogP contribution in [0, 0.1) is 0 Å². The van der Waals surface area contributed by atoms with Crippen molar-refractivity contribution in [2.75, 3.05) is 13.2 Å². The van der Waals surface area contributed by atoms with Gasteiger partial charge >= 0.3 is 5.97 Å². The molecule has 0 rings (SSSR count). The lowest BCUT2D eigenvalue weighted by Crippen LogP contribution is -2.23. The molecule has 0 aromatic heterocycles. The third-order valence-electron chi connectivity index (χ3n) is 4.51. The van der Waals surface area contributed by atoms with E-state index in [1.54, 1.807) is 0 Å². The van der Waals surface area contributed by atoms with E-state index in [2.05, 4.69) is 25.7 Å². The van der Waals surface area contributed by atoms with Crippen molar-refractivity contribution in [1.29, 1.82) is 0 Å². The van der Waals surface area contributed by atoms with Crippen molar-refractivity contribution in [2.24, 2.45) is 0 Å². The van der Waals surface area contributed by atoms with Gasteiger partial charge < -0.3 is 9.84 Å². The lowest BCUT2D eigenvalue weighted by Gasteiger charge is -2.17. The topological polar surface area (TPSA) is 46.5 Å². The van der Waals surface area contributed by atoms with Crippen LogP contribution in [0.1, 0.15) is 84.0 Å². The molecule has 0 saturated carbocycles. The SMILES string of the molecule is CCOC(=O)/C(=C/CCCCCCCCCCCCCO)C[Si](C)(C)C. The van der Waals surface area contributed by atoms with E-state index in [-0.39, 0.29) is 5.97 Å². The Morgan fingerprint density at radius 2 is 1.31 bits per heavy atom. The number of unbranched alkanes of at least 4 members (excludes halogenated alkanes) is 11. The second kappa shape index (κ2) is 16.6. The first kappa shape index (κ1) is 25.4.